The Kier molecular flexibility index (Phi) is 6.02. The quantitative estimate of drug-likeness (QED) is 0.451. The summed E-state index contributed by atoms with van der Waals surface area (Å²) in [6, 6.07) is 17.6. The Labute approximate surface area is 168 Å². The molecule has 0 radical (unpaired) electrons. The third-order valence-corrected chi connectivity index (χ3v) is 4.83. The van der Waals surface area contributed by atoms with Gasteiger partial charge in [0.15, 0.2) is 22.5 Å². The van der Waals surface area contributed by atoms with Crippen molar-refractivity contribution < 1.29 is 9.47 Å². The summed E-state index contributed by atoms with van der Waals surface area (Å²) in [5.74, 6) is 1.74. The van der Waals surface area contributed by atoms with Crippen LogP contribution in [0.25, 0.3) is 11.3 Å². The Morgan fingerprint density at radius 2 is 1.71 bits per heavy atom. The summed E-state index contributed by atoms with van der Waals surface area (Å²) in [6.45, 7) is 0. The molecule has 0 saturated carbocycles. The van der Waals surface area contributed by atoms with Gasteiger partial charge in [0, 0.05) is 18.3 Å². The second kappa shape index (κ2) is 8.63. The number of benzene rings is 2. The van der Waals surface area contributed by atoms with Gasteiger partial charge in [-0.05, 0) is 36.6 Å². The maximum absolute atomic E-state index is 9.93. The zero-order valence-electron chi connectivity index (χ0n) is 16.1. The van der Waals surface area contributed by atoms with Crippen LogP contribution >= 0.6 is 11.8 Å². The number of para-hydroxylation sites is 1. The van der Waals surface area contributed by atoms with E-state index in [4.69, 9.17) is 9.47 Å². The van der Waals surface area contributed by atoms with E-state index in [9.17, 15) is 5.26 Å². The first kappa shape index (κ1) is 19.5. The molecule has 0 aliphatic carbocycles. The number of nitrogens with zero attached hydrogens (tertiary/aromatic N) is 4. The van der Waals surface area contributed by atoms with E-state index in [0.717, 1.165) is 11.3 Å². The average Bonchev–Trinajstić information content (AvgIpc) is 2.77. The van der Waals surface area contributed by atoms with E-state index < -0.39 is 0 Å². The lowest BCUT2D eigenvalue weighted by atomic mass is 10.1. The van der Waals surface area contributed by atoms with E-state index in [1.807, 2.05) is 60.7 Å². The number of aromatic nitrogens is 2. The lowest BCUT2D eigenvalue weighted by molar-refractivity contribution is 0.355. The van der Waals surface area contributed by atoms with Crippen LogP contribution in [-0.4, -0.2) is 37.5 Å². The van der Waals surface area contributed by atoms with E-state index in [1.165, 1.54) is 11.8 Å². The molecule has 0 unspecified atom stereocenters. The second-order valence-electron chi connectivity index (χ2n) is 5.83. The topological polar surface area (TPSA) is 71.3 Å². The second-order valence-corrected chi connectivity index (χ2v) is 6.61. The van der Waals surface area contributed by atoms with Crippen LogP contribution in [0.2, 0.25) is 0 Å². The van der Waals surface area contributed by atoms with Crippen molar-refractivity contribution in [2.24, 2.45) is 0 Å². The van der Waals surface area contributed by atoms with Crippen molar-refractivity contribution in [3.63, 3.8) is 0 Å². The fourth-order valence-electron chi connectivity index (χ4n) is 2.83. The van der Waals surface area contributed by atoms with Crippen molar-refractivity contribution in [1.29, 1.82) is 5.26 Å². The van der Waals surface area contributed by atoms with Gasteiger partial charge in [0.25, 0.3) is 0 Å². The van der Waals surface area contributed by atoms with Gasteiger partial charge in [-0.1, -0.05) is 30.0 Å². The molecule has 0 bridgehead atoms. The number of rotatable bonds is 6. The van der Waals surface area contributed by atoms with Crippen LogP contribution in [0.15, 0.2) is 53.7 Å². The summed E-state index contributed by atoms with van der Waals surface area (Å²) >= 11 is 1.43. The minimum atomic E-state index is 0.399. The van der Waals surface area contributed by atoms with E-state index in [-0.39, 0.29) is 0 Å². The molecular weight excluding hydrogens is 372 g/mol. The first-order valence-corrected chi connectivity index (χ1v) is 9.72. The number of methoxy groups -OCH3 is 2. The lowest BCUT2D eigenvalue weighted by Crippen LogP contribution is -2.15. The largest absolute Gasteiger partial charge is 0.493 e. The Bertz CT molecular complexity index is 1020. The van der Waals surface area contributed by atoms with Gasteiger partial charge in [-0.25, -0.2) is 9.97 Å². The molecule has 0 atom stereocenters. The minimum Gasteiger partial charge on any atom is -0.493 e. The summed E-state index contributed by atoms with van der Waals surface area (Å²) in [6.07, 6.45) is 1.91. The third-order valence-electron chi connectivity index (χ3n) is 4.28. The van der Waals surface area contributed by atoms with Crippen molar-refractivity contribution in [3.8, 4) is 28.8 Å². The first-order valence-electron chi connectivity index (χ1n) is 8.50. The number of ether oxygens (including phenoxy) is 2. The Morgan fingerprint density at radius 3 is 2.32 bits per heavy atom. The molecule has 28 heavy (non-hydrogen) atoms. The maximum atomic E-state index is 9.93. The SMILES string of the molecule is COc1ccc(-c2nc(SC)nc(N(C)c3ccccc3)c2C#N)cc1OC. The van der Waals surface area contributed by atoms with E-state index in [1.54, 1.807) is 20.3 Å². The number of nitriles is 1. The molecule has 2 aromatic carbocycles. The molecule has 7 heteroatoms. The molecule has 0 amide bonds. The summed E-state index contributed by atoms with van der Waals surface area (Å²) in [5.41, 5.74) is 2.65. The first-order chi connectivity index (χ1) is 13.6. The molecule has 142 valence electrons. The van der Waals surface area contributed by atoms with Crippen LogP contribution in [0.4, 0.5) is 11.5 Å². The smallest absolute Gasteiger partial charge is 0.189 e. The van der Waals surface area contributed by atoms with Gasteiger partial charge >= 0.3 is 0 Å². The normalized spacial score (nSPS) is 10.2. The van der Waals surface area contributed by atoms with Crippen molar-refractivity contribution in [1.82, 2.24) is 9.97 Å². The van der Waals surface area contributed by atoms with Crippen molar-refractivity contribution in [3.05, 3.63) is 54.1 Å². The lowest BCUT2D eigenvalue weighted by Gasteiger charge is -2.21. The molecule has 6 nitrogen and oxygen atoms in total. The molecule has 1 aromatic heterocycles. The van der Waals surface area contributed by atoms with Crippen LogP contribution in [0.5, 0.6) is 11.5 Å². The van der Waals surface area contributed by atoms with Crippen LogP contribution in [0, 0.1) is 11.3 Å². The third kappa shape index (κ3) is 3.73. The molecule has 0 spiro atoms. The van der Waals surface area contributed by atoms with Gasteiger partial charge in [0.1, 0.15) is 11.6 Å². The predicted octanol–water partition coefficient (Wildman–Crippen LogP) is 4.52. The molecular formula is C21H20N4O2S. The molecule has 3 aromatic rings. The van der Waals surface area contributed by atoms with Crippen LogP contribution < -0.4 is 14.4 Å². The van der Waals surface area contributed by atoms with E-state index in [0.29, 0.717) is 33.7 Å². The summed E-state index contributed by atoms with van der Waals surface area (Å²) in [5, 5.41) is 10.5. The Hall–Kier alpha value is -3.24. The number of anilines is 2. The molecule has 3 rings (SSSR count). The van der Waals surface area contributed by atoms with Crippen molar-refractivity contribution >= 4 is 23.3 Å². The maximum Gasteiger partial charge on any atom is 0.189 e. The molecule has 0 aliphatic rings. The van der Waals surface area contributed by atoms with Gasteiger partial charge in [0.2, 0.25) is 0 Å². The Balaban J connectivity index is 2.21. The molecule has 0 aliphatic heterocycles. The fraction of sp³-hybridized carbons (Fsp3) is 0.190. The van der Waals surface area contributed by atoms with Gasteiger partial charge in [-0.15, -0.1) is 0 Å². The highest BCUT2D eigenvalue weighted by atomic mass is 32.2. The highest BCUT2D eigenvalue weighted by Gasteiger charge is 2.20. The zero-order valence-corrected chi connectivity index (χ0v) is 16.9. The standard InChI is InChI=1S/C21H20N4O2S/c1-25(15-8-6-5-7-9-15)20-16(13-22)19(23-21(24-20)28-4)14-10-11-17(26-2)18(12-14)27-3/h5-12H,1-4H3. The van der Waals surface area contributed by atoms with Gasteiger partial charge in [0.05, 0.1) is 19.9 Å². The molecule has 1 heterocycles. The van der Waals surface area contributed by atoms with Crippen LogP contribution in [0.3, 0.4) is 0 Å². The van der Waals surface area contributed by atoms with Crippen LogP contribution in [-0.2, 0) is 0 Å². The van der Waals surface area contributed by atoms with Crippen molar-refractivity contribution in [2.75, 3.05) is 32.4 Å². The van der Waals surface area contributed by atoms with E-state index in [2.05, 4.69) is 16.0 Å². The predicted molar refractivity (Wildman–Crippen MR) is 112 cm³/mol. The fourth-order valence-corrected chi connectivity index (χ4v) is 3.19. The average molecular weight is 392 g/mol. The number of hydrogen-bond donors (Lipinski definition) is 0. The van der Waals surface area contributed by atoms with Gasteiger partial charge < -0.3 is 14.4 Å². The summed E-state index contributed by atoms with van der Waals surface area (Å²) in [4.78, 5) is 11.1. The number of thioether (sulfide) groups is 1. The van der Waals surface area contributed by atoms with Crippen molar-refractivity contribution in [2.45, 2.75) is 5.16 Å². The molecule has 0 N–H and O–H groups in total. The summed E-state index contributed by atoms with van der Waals surface area (Å²) < 4.78 is 10.7. The molecule has 0 fully saturated rings. The minimum absolute atomic E-state index is 0.399. The molecule has 0 saturated heterocycles. The van der Waals surface area contributed by atoms with Gasteiger partial charge in [-0.2, -0.15) is 5.26 Å². The van der Waals surface area contributed by atoms with E-state index >= 15 is 0 Å². The highest BCUT2D eigenvalue weighted by molar-refractivity contribution is 7.98. The Morgan fingerprint density at radius 1 is 1.00 bits per heavy atom. The highest BCUT2D eigenvalue weighted by Crippen LogP contribution is 2.36. The summed E-state index contributed by atoms with van der Waals surface area (Å²) in [7, 11) is 5.05. The van der Waals surface area contributed by atoms with Gasteiger partial charge in [-0.3, -0.25) is 0 Å². The monoisotopic (exact) mass is 392 g/mol. The zero-order chi connectivity index (χ0) is 20.1. The number of hydrogen-bond acceptors (Lipinski definition) is 7. The van der Waals surface area contributed by atoms with Crippen LogP contribution in [0.1, 0.15) is 5.56 Å².